The van der Waals surface area contributed by atoms with E-state index in [1.54, 1.807) is 17.9 Å². The molecule has 0 aliphatic carbocycles. The van der Waals surface area contributed by atoms with Crippen LogP contribution in [0.15, 0.2) is 36.5 Å². The first-order chi connectivity index (χ1) is 11.5. The lowest BCUT2D eigenvalue weighted by Gasteiger charge is -2.08. The molecule has 0 unspecified atom stereocenters. The van der Waals surface area contributed by atoms with Crippen molar-refractivity contribution >= 4 is 28.5 Å². The summed E-state index contributed by atoms with van der Waals surface area (Å²) in [5, 5.41) is 11.7. The van der Waals surface area contributed by atoms with E-state index < -0.39 is 0 Å². The SMILES string of the molecule is Cc1nn(-c2ccccc2)c(C)c1CNC(=O)c1c(I)cnn1C. The maximum atomic E-state index is 12.4. The molecule has 0 fully saturated rings. The standard InChI is InChI=1S/C17H18IN5O/c1-11-14(9-19-17(24)16-15(18)10-20-22(16)3)12(2)23(21-11)13-7-5-4-6-8-13/h4-8,10H,9H2,1-3H3,(H,19,24). The van der Waals surface area contributed by atoms with Crippen LogP contribution >= 0.6 is 22.6 Å². The first kappa shape index (κ1) is 16.7. The summed E-state index contributed by atoms with van der Waals surface area (Å²) in [5.74, 6) is -0.134. The number of aromatic nitrogens is 4. The minimum atomic E-state index is -0.134. The average Bonchev–Trinajstić information content (AvgIpc) is 3.05. The van der Waals surface area contributed by atoms with E-state index in [0.29, 0.717) is 12.2 Å². The Hall–Kier alpha value is -2.16. The van der Waals surface area contributed by atoms with Crippen LogP contribution in [0.2, 0.25) is 0 Å². The second-order valence-electron chi connectivity index (χ2n) is 5.54. The number of hydrogen-bond acceptors (Lipinski definition) is 3. The van der Waals surface area contributed by atoms with Crippen LogP contribution < -0.4 is 5.32 Å². The van der Waals surface area contributed by atoms with Crippen molar-refractivity contribution in [3.05, 3.63) is 62.7 Å². The molecule has 7 heteroatoms. The van der Waals surface area contributed by atoms with Gasteiger partial charge in [-0.1, -0.05) is 18.2 Å². The van der Waals surface area contributed by atoms with Crippen molar-refractivity contribution in [2.45, 2.75) is 20.4 Å². The molecular weight excluding hydrogens is 417 g/mol. The van der Waals surface area contributed by atoms with Crippen molar-refractivity contribution < 1.29 is 4.79 Å². The van der Waals surface area contributed by atoms with Crippen molar-refractivity contribution in [3.8, 4) is 5.69 Å². The summed E-state index contributed by atoms with van der Waals surface area (Å²) < 4.78 is 4.33. The monoisotopic (exact) mass is 435 g/mol. The van der Waals surface area contributed by atoms with Gasteiger partial charge in [-0.2, -0.15) is 10.2 Å². The zero-order chi connectivity index (χ0) is 17.3. The lowest BCUT2D eigenvalue weighted by atomic mass is 10.2. The van der Waals surface area contributed by atoms with Crippen molar-refractivity contribution in [2.24, 2.45) is 7.05 Å². The van der Waals surface area contributed by atoms with E-state index in [2.05, 4.69) is 38.1 Å². The lowest BCUT2D eigenvalue weighted by Crippen LogP contribution is -2.26. The highest BCUT2D eigenvalue weighted by Gasteiger charge is 2.17. The Labute approximate surface area is 154 Å². The zero-order valence-corrected chi connectivity index (χ0v) is 15.9. The van der Waals surface area contributed by atoms with E-state index in [0.717, 1.165) is 26.2 Å². The summed E-state index contributed by atoms with van der Waals surface area (Å²) in [6, 6.07) is 9.97. The first-order valence-corrected chi connectivity index (χ1v) is 8.63. The number of nitrogens with zero attached hydrogens (tertiary/aromatic N) is 4. The van der Waals surface area contributed by atoms with Crippen LogP contribution in [0.5, 0.6) is 0 Å². The van der Waals surface area contributed by atoms with Crippen molar-refractivity contribution in [1.82, 2.24) is 24.9 Å². The maximum Gasteiger partial charge on any atom is 0.270 e. The van der Waals surface area contributed by atoms with E-state index >= 15 is 0 Å². The number of amides is 1. The third-order valence-electron chi connectivity index (χ3n) is 3.98. The number of aryl methyl sites for hydroxylation is 2. The predicted molar refractivity (Wildman–Crippen MR) is 100 cm³/mol. The molecule has 1 N–H and O–H groups in total. The summed E-state index contributed by atoms with van der Waals surface area (Å²) in [4.78, 5) is 12.4. The highest BCUT2D eigenvalue weighted by atomic mass is 127. The summed E-state index contributed by atoms with van der Waals surface area (Å²) >= 11 is 2.12. The molecule has 24 heavy (non-hydrogen) atoms. The second-order valence-corrected chi connectivity index (χ2v) is 6.71. The molecule has 3 rings (SSSR count). The third kappa shape index (κ3) is 3.08. The van der Waals surface area contributed by atoms with Gasteiger partial charge >= 0.3 is 0 Å². The van der Waals surface area contributed by atoms with E-state index in [-0.39, 0.29) is 5.91 Å². The molecule has 1 aromatic carbocycles. The Bertz CT molecular complexity index is 863. The number of halogens is 1. The van der Waals surface area contributed by atoms with Crippen molar-refractivity contribution in [3.63, 3.8) is 0 Å². The minimum Gasteiger partial charge on any atom is -0.346 e. The largest absolute Gasteiger partial charge is 0.346 e. The third-order valence-corrected chi connectivity index (χ3v) is 4.77. The zero-order valence-electron chi connectivity index (χ0n) is 13.7. The molecule has 1 amide bonds. The topological polar surface area (TPSA) is 64.7 Å². The molecule has 2 heterocycles. The molecule has 0 aliphatic heterocycles. The summed E-state index contributed by atoms with van der Waals surface area (Å²) in [5.41, 5.74) is 4.55. The molecule has 6 nitrogen and oxygen atoms in total. The number of hydrogen-bond donors (Lipinski definition) is 1. The van der Waals surface area contributed by atoms with Gasteiger partial charge in [-0.25, -0.2) is 4.68 Å². The summed E-state index contributed by atoms with van der Waals surface area (Å²) in [6.45, 7) is 4.41. The normalized spacial score (nSPS) is 10.8. The van der Waals surface area contributed by atoms with Gasteiger partial charge in [-0.05, 0) is 48.6 Å². The Morgan fingerprint density at radius 1 is 1.25 bits per heavy atom. The molecular formula is C17H18IN5O. The Morgan fingerprint density at radius 3 is 2.58 bits per heavy atom. The number of benzene rings is 1. The highest BCUT2D eigenvalue weighted by Crippen LogP contribution is 2.18. The fourth-order valence-electron chi connectivity index (χ4n) is 2.67. The van der Waals surface area contributed by atoms with Crippen LogP contribution in [0.25, 0.3) is 5.69 Å². The molecule has 0 saturated carbocycles. The molecule has 0 spiro atoms. The fraction of sp³-hybridized carbons (Fsp3) is 0.235. The van der Waals surface area contributed by atoms with Gasteiger partial charge < -0.3 is 5.32 Å². The molecule has 0 aliphatic rings. The smallest absolute Gasteiger partial charge is 0.270 e. The van der Waals surface area contributed by atoms with Gasteiger partial charge in [0.25, 0.3) is 5.91 Å². The van der Waals surface area contributed by atoms with Gasteiger partial charge in [-0.3, -0.25) is 9.48 Å². The molecule has 0 radical (unpaired) electrons. The molecule has 3 aromatic rings. The van der Waals surface area contributed by atoms with Gasteiger partial charge in [-0.15, -0.1) is 0 Å². The van der Waals surface area contributed by atoms with Crippen LogP contribution in [0, 0.1) is 17.4 Å². The quantitative estimate of drug-likeness (QED) is 0.642. The number of para-hydroxylation sites is 1. The summed E-state index contributed by atoms with van der Waals surface area (Å²) in [7, 11) is 1.76. The van der Waals surface area contributed by atoms with E-state index in [9.17, 15) is 4.79 Å². The van der Waals surface area contributed by atoms with E-state index in [1.165, 1.54) is 0 Å². The van der Waals surface area contributed by atoms with Gasteiger partial charge in [0.15, 0.2) is 0 Å². The molecule has 0 saturated heterocycles. The van der Waals surface area contributed by atoms with Gasteiger partial charge in [0, 0.05) is 24.8 Å². The number of carbonyl (C=O) groups excluding carboxylic acids is 1. The molecule has 0 bridgehead atoms. The first-order valence-electron chi connectivity index (χ1n) is 7.55. The highest BCUT2D eigenvalue weighted by molar-refractivity contribution is 14.1. The predicted octanol–water partition coefficient (Wildman–Crippen LogP) is 2.76. The average molecular weight is 435 g/mol. The fourth-order valence-corrected chi connectivity index (χ4v) is 3.39. The Morgan fingerprint density at radius 2 is 1.96 bits per heavy atom. The number of carbonyl (C=O) groups is 1. The Balaban J connectivity index is 1.82. The van der Waals surface area contributed by atoms with E-state index in [4.69, 9.17) is 0 Å². The summed E-state index contributed by atoms with van der Waals surface area (Å²) in [6.07, 6.45) is 1.68. The van der Waals surface area contributed by atoms with Gasteiger partial charge in [0.2, 0.25) is 0 Å². The van der Waals surface area contributed by atoms with Gasteiger partial charge in [0.1, 0.15) is 5.69 Å². The molecule has 0 atom stereocenters. The van der Waals surface area contributed by atoms with Gasteiger partial charge in [0.05, 0.1) is 21.1 Å². The van der Waals surface area contributed by atoms with Crippen LogP contribution in [-0.4, -0.2) is 25.5 Å². The van der Waals surface area contributed by atoms with Crippen LogP contribution in [-0.2, 0) is 13.6 Å². The Kier molecular flexibility index (Phi) is 4.70. The lowest BCUT2D eigenvalue weighted by molar-refractivity contribution is 0.0940. The second kappa shape index (κ2) is 6.76. The number of nitrogens with one attached hydrogen (secondary N) is 1. The molecule has 2 aromatic heterocycles. The van der Waals surface area contributed by atoms with Crippen LogP contribution in [0.4, 0.5) is 0 Å². The minimum absolute atomic E-state index is 0.134. The van der Waals surface area contributed by atoms with Crippen LogP contribution in [0.1, 0.15) is 27.4 Å². The molecule has 124 valence electrons. The number of rotatable bonds is 4. The van der Waals surface area contributed by atoms with E-state index in [1.807, 2.05) is 48.9 Å². The van der Waals surface area contributed by atoms with Crippen LogP contribution in [0.3, 0.4) is 0 Å². The maximum absolute atomic E-state index is 12.4. The van der Waals surface area contributed by atoms with Crippen molar-refractivity contribution in [1.29, 1.82) is 0 Å². The van der Waals surface area contributed by atoms with Crippen molar-refractivity contribution in [2.75, 3.05) is 0 Å².